The van der Waals surface area contributed by atoms with Gasteiger partial charge < -0.3 is 0 Å². The SMILES string of the molecule is [BaH2].[BiH3].[InH3].[SeH2]. The molecule has 0 rings (SSSR count). The Morgan fingerprint density at radius 2 is 1.00 bits per heavy atom. The molecule has 0 aromatic heterocycles. The molecule has 0 bridgehead atoms. The third-order valence-electron chi connectivity index (χ3n) is 0. The number of hydrogen-bond acceptors (Lipinski definition) is 0. The molecule has 0 heterocycles. The van der Waals surface area contributed by atoms with Crippen molar-refractivity contribution in [1.82, 2.24) is 0 Å². The molecular weight excluding hydrogens is 540 g/mol. The fourth-order valence-electron chi connectivity index (χ4n) is 0. The van der Waals surface area contributed by atoms with E-state index < -0.39 is 0 Å². The molecular formula is H10BaBiInSe. The van der Waals surface area contributed by atoms with Crippen LogP contribution in [0.3, 0.4) is 0 Å². The average molecular weight is 550 g/mol. The quantitative estimate of drug-likeness (QED) is 0.269. The van der Waals surface area contributed by atoms with Crippen molar-refractivity contribution in [2.24, 2.45) is 0 Å². The third-order valence-corrected chi connectivity index (χ3v) is 0. The molecule has 0 aliphatic heterocycles. The second kappa shape index (κ2) is 15.8. The molecule has 0 nitrogen and oxygen atoms in total. The van der Waals surface area contributed by atoms with Gasteiger partial charge >= 0.3 is 118 Å². The van der Waals surface area contributed by atoms with Crippen molar-refractivity contribution in [2.75, 3.05) is 0 Å². The maximum atomic E-state index is 0. The molecule has 0 spiro atoms. The summed E-state index contributed by atoms with van der Waals surface area (Å²) >= 11 is 0. The minimum absolute atomic E-state index is 0. The molecule has 4 heavy (non-hydrogen) atoms. The fraction of sp³-hybridized carbons (Fsp3) is 0. The Hall–Kier alpha value is 3.84. The van der Waals surface area contributed by atoms with Crippen LogP contribution in [0.25, 0.3) is 0 Å². The minimum atomic E-state index is 0. The van der Waals surface area contributed by atoms with Gasteiger partial charge in [0.2, 0.25) is 0 Å². The monoisotopic (exact) mass is 552 g/mol. The van der Waals surface area contributed by atoms with E-state index in [1.54, 1.807) is 0 Å². The molecule has 26 valence electrons. The average Bonchev–Trinajstić information content (AvgIpc) is 0. The fourth-order valence-corrected chi connectivity index (χ4v) is 0. The van der Waals surface area contributed by atoms with Gasteiger partial charge in [-0.3, -0.25) is 0 Å². The Labute approximate surface area is 115 Å². The third kappa shape index (κ3) is 9.28. The van der Waals surface area contributed by atoms with Crippen LogP contribution in [-0.4, -0.2) is 118 Å². The predicted molar refractivity (Wildman–Crippen MR) is 37.0 cm³/mol. The summed E-state index contributed by atoms with van der Waals surface area (Å²) in [4.78, 5) is 0. The summed E-state index contributed by atoms with van der Waals surface area (Å²) in [6, 6.07) is 0. The van der Waals surface area contributed by atoms with Crippen LogP contribution < -0.4 is 0 Å². The van der Waals surface area contributed by atoms with E-state index in [0.717, 1.165) is 0 Å². The molecule has 0 aliphatic carbocycles. The van der Waals surface area contributed by atoms with Gasteiger partial charge in [0.25, 0.3) is 0 Å². The van der Waals surface area contributed by atoms with E-state index in [-0.39, 0.29) is 118 Å². The molecule has 0 saturated carbocycles. The van der Waals surface area contributed by atoms with E-state index in [1.165, 1.54) is 0 Å². The van der Waals surface area contributed by atoms with Gasteiger partial charge in [0.05, 0.1) is 0 Å². The Kier molecular flexibility index (Phi) is 98.3. The molecule has 0 atom stereocenters. The van der Waals surface area contributed by atoms with Crippen molar-refractivity contribution in [3.8, 4) is 0 Å². The molecule has 0 amide bonds. The summed E-state index contributed by atoms with van der Waals surface area (Å²) in [5.41, 5.74) is 0. The van der Waals surface area contributed by atoms with Crippen LogP contribution in [0.15, 0.2) is 0 Å². The van der Waals surface area contributed by atoms with Crippen molar-refractivity contribution in [3.63, 3.8) is 0 Å². The zero-order valence-electron chi connectivity index (χ0n) is 1.21. The molecule has 0 unspecified atom stereocenters. The molecule has 0 N–H and O–H groups in total. The van der Waals surface area contributed by atoms with Crippen LogP contribution in [-0.2, 0) is 0 Å². The molecule has 0 fully saturated rings. The first-order valence-electron chi connectivity index (χ1n) is 0. The molecule has 0 aliphatic rings. The van der Waals surface area contributed by atoms with Gasteiger partial charge in [-0.1, -0.05) is 0 Å². The number of hydrogen-bond donors (Lipinski definition) is 0. The van der Waals surface area contributed by atoms with Crippen molar-refractivity contribution in [1.29, 1.82) is 0 Å². The second-order valence-corrected chi connectivity index (χ2v) is 0. The van der Waals surface area contributed by atoms with Gasteiger partial charge in [0.15, 0.2) is 0 Å². The van der Waals surface area contributed by atoms with Crippen LogP contribution in [0, 0.1) is 0 Å². The summed E-state index contributed by atoms with van der Waals surface area (Å²) in [5.74, 6) is 0. The summed E-state index contributed by atoms with van der Waals surface area (Å²) < 4.78 is 0. The van der Waals surface area contributed by atoms with Gasteiger partial charge in [-0.2, -0.15) is 0 Å². The van der Waals surface area contributed by atoms with Gasteiger partial charge in [0, 0.05) is 0 Å². The van der Waals surface area contributed by atoms with Crippen molar-refractivity contribution < 1.29 is 0 Å². The molecule has 0 aromatic carbocycles. The van der Waals surface area contributed by atoms with Crippen LogP contribution in [0.1, 0.15) is 0 Å². The zero-order valence-corrected chi connectivity index (χ0v) is 8.80. The zero-order chi connectivity index (χ0) is 0. The maximum absolute atomic E-state index is 0. The van der Waals surface area contributed by atoms with Crippen LogP contribution in [0.4, 0.5) is 0 Å². The van der Waals surface area contributed by atoms with Crippen LogP contribution >= 0.6 is 0 Å². The van der Waals surface area contributed by atoms with E-state index in [2.05, 4.69) is 0 Å². The van der Waals surface area contributed by atoms with Crippen molar-refractivity contribution in [2.45, 2.75) is 0 Å². The van der Waals surface area contributed by atoms with Crippen molar-refractivity contribution in [3.05, 3.63) is 0 Å². The summed E-state index contributed by atoms with van der Waals surface area (Å²) in [6.45, 7) is 0. The summed E-state index contributed by atoms with van der Waals surface area (Å²) in [5, 5.41) is 0. The topological polar surface area (TPSA) is 0 Å². The Balaban J connectivity index is 0. The standard InChI is InChI=1S/Ba.Bi.In.H2Se.8H/h;;;1H2;;;;;;;;. The first kappa shape index (κ1) is 24.9. The summed E-state index contributed by atoms with van der Waals surface area (Å²) in [6.07, 6.45) is 0. The van der Waals surface area contributed by atoms with Crippen LogP contribution in [0.5, 0.6) is 0 Å². The van der Waals surface area contributed by atoms with Gasteiger partial charge in [-0.15, -0.1) is 0 Å². The Morgan fingerprint density at radius 3 is 1.00 bits per heavy atom. The molecule has 0 radical (unpaired) electrons. The van der Waals surface area contributed by atoms with Gasteiger partial charge in [-0.25, -0.2) is 0 Å². The van der Waals surface area contributed by atoms with E-state index in [1.807, 2.05) is 0 Å². The first-order chi connectivity index (χ1) is 0. The predicted octanol–water partition coefficient (Wildman–Crippen LogP) is -4.20. The second-order valence-electron chi connectivity index (χ2n) is 0. The van der Waals surface area contributed by atoms with Gasteiger partial charge in [-0.05, 0) is 0 Å². The van der Waals surface area contributed by atoms with Crippen LogP contribution in [0.2, 0.25) is 0 Å². The molecule has 4 heteroatoms. The Bertz CT molecular complexity index is 8.00. The van der Waals surface area contributed by atoms with Gasteiger partial charge in [0.1, 0.15) is 0 Å². The first-order valence-corrected chi connectivity index (χ1v) is 0. The van der Waals surface area contributed by atoms with E-state index in [9.17, 15) is 0 Å². The van der Waals surface area contributed by atoms with Crippen molar-refractivity contribution >= 4 is 118 Å². The molecule has 0 aromatic rings. The summed E-state index contributed by atoms with van der Waals surface area (Å²) in [7, 11) is 0. The van der Waals surface area contributed by atoms with E-state index in [4.69, 9.17) is 0 Å². The normalized spacial score (nSPS) is 0. The Morgan fingerprint density at radius 1 is 1.00 bits per heavy atom. The van der Waals surface area contributed by atoms with E-state index >= 15 is 0 Å². The number of rotatable bonds is 0. The van der Waals surface area contributed by atoms with E-state index in [0.29, 0.717) is 0 Å². The molecule has 0 saturated heterocycles.